The van der Waals surface area contributed by atoms with E-state index in [2.05, 4.69) is 4.72 Å². The molecule has 240 valence electrons. The number of hydrogen-bond donors (Lipinski definition) is 2. The van der Waals surface area contributed by atoms with Crippen LogP contribution in [0.15, 0.2) is 47.4 Å². The lowest BCUT2D eigenvalue weighted by atomic mass is 10.0. The van der Waals surface area contributed by atoms with Crippen molar-refractivity contribution in [3.05, 3.63) is 53.8 Å². The molecule has 11 nitrogen and oxygen atoms in total. The van der Waals surface area contributed by atoms with E-state index in [1.54, 1.807) is 6.92 Å². The Morgan fingerprint density at radius 3 is 2.42 bits per heavy atom. The number of nitrogens with one attached hydrogen (secondary N) is 1. The van der Waals surface area contributed by atoms with Crippen molar-refractivity contribution in [2.75, 3.05) is 44.3 Å². The third-order valence-electron chi connectivity index (χ3n) is 7.43. The van der Waals surface area contributed by atoms with Gasteiger partial charge in [0.25, 0.3) is 15.9 Å². The van der Waals surface area contributed by atoms with Gasteiger partial charge in [-0.15, -0.1) is 0 Å². The number of aliphatic hydroxyl groups excluding tert-OH is 1. The summed E-state index contributed by atoms with van der Waals surface area (Å²) in [6.45, 7) is 5.64. The molecule has 0 bridgehead atoms. The zero-order valence-corrected chi connectivity index (χ0v) is 26.8. The third kappa shape index (κ3) is 9.60. The molecule has 2 aromatic rings. The molecule has 0 saturated heterocycles. The Labute approximate surface area is 254 Å². The standard InChI is InChI=1S/C29H42FN3O8S2/c1-20-17-33(21(2)19-34)29(35)26-16-24(31-43(38,39)25-12-9-23(30)10-13-25)11-14-27(26)41-22(3)8-6-7-15-40-28(20)18-32(4)42(5,36)37/h9-14,16,20-22,28,31,34H,6-8,15,17-19H2,1-5H3/t20-,21+,22-,28-/m1/s1. The fourth-order valence-corrected chi connectivity index (χ4v) is 6.13. The van der Waals surface area contributed by atoms with Gasteiger partial charge in [0.2, 0.25) is 10.0 Å². The second-order valence-electron chi connectivity index (χ2n) is 11.1. The van der Waals surface area contributed by atoms with Crippen LogP contribution in [0.5, 0.6) is 5.75 Å². The lowest BCUT2D eigenvalue weighted by Crippen LogP contribution is -2.47. The van der Waals surface area contributed by atoms with Crippen molar-refractivity contribution in [3.8, 4) is 5.75 Å². The van der Waals surface area contributed by atoms with Crippen LogP contribution in [0.1, 0.15) is 50.4 Å². The SMILES string of the molecule is C[C@@H]1CCCCO[C@H](CN(C)S(C)(=O)=O)[C@H](C)CN([C@@H](C)CO)C(=O)c2cc(NS(=O)(=O)c3ccc(F)cc3)ccc2O1. The maximum absolute atomic E-state index is 14.1. The molecule has 1 heterocycles. The number of amides is 1. The highest BCUT2D eigenvalue weighted by Crippen LogP contribution is 2.29. The minimum Gasteiger partial charge on any atom is -0.490 e. The molecule has 0 aliphatic carbocycles. The van der Waals surface area contributed by atoms with Gasteiger partial charge in [0, 0.05) is 38.3 Å². The predicted octanol–water partition coefficient (Wildman–Crippen LogP) is 3.31. The Kier molecular flexibility index (Phi) is 11.9. The monoisotopic (exact) mass is 643 g/mol. The molecule has 0 spiro atoms. The molecule has 14 heteroatoms. The Balaban J connectivity index is 2.02. The Morgan fingerprint density at radius 2 is 1.79 bits per heavy atom. The first-order valence-corrected chi connectivity index (χ1v) is 17.5. The lowest BCUT2D eigenvalue weighted by molar-refractivity contribution is -0.00828. The van der Waals surface area contributed by atoms with E-state index in [-0.39, 0.29) is 53.6 Å². The molecule has 2 N–H and O–H groups in total. The van der Waals surface area contributed by atoms with Gasteiger partial charge in [-0.05, 0) is 75.6 Å². The Bertz CT molecular complexity index is 1450. The molecular formula is C29H42FN3O8S2. The first-order chi connectivity index (χ1) is 20.1. The van der Waals surface area contributed by atoms with Crippen molar-refractivity contribution < 1.29 is 40.6 Å². The van der Waals surface area contributed by atoms with Crippen LogP contribution in [-0.4, -0.2) is 94.9 Å². The van der Waals surface area contributed by atoms with Crippen molar-refractivity contribution in [2.24, 2.45) is 5.92 Å². The lowest BCUT2D eigenvalue weighted by Gasteiger charge is -2.35. The van der Waals surface area contributed by atoms with Gasteiger partial charge in [-0.1, -0.05) is 6.92 Å². The van der Waals surface area contributed by atoms with Crippen molar-refractivity contribution in [1.82, 2.24) is 9.21 Å². The van der Waals surface area contributed by atoms with Crippen LogP contribution in [-0.2, 0) is 24.8 Å². The van der Waals surface area contributed by atoms with Gasteiger partial charge in [0.05, 0.1) is 41.6 Å². The number of sulfonamides is 2. The summed E-state index contributed by atoms with van der Waals surface area (Å²) in [7, 11) is -6.11. The number of nitrogens with zero attached hydrogens (tertiary/aromatic N) is 2. The van der Waals surface area contributed by atoms with E-state index in [0.717, 1.165) is 36.9 Å². The van der Waals surface area contributed by atoms with Crippen molar-refractivity contribution in [2.45, 2.75) is 63.2 Å². The summed E-state index contributed by atoms with van der Waals surface area (Å²) in [5.41, 5.74) is 0.177. The van der Waals surface area contributed by atoms with Crippen LogP contribution in [0.2, 0.25) is 0 Å². The summed E-state index contributed by atoms with van der Waals surface area (Å²) >= 11 is 0. The van der Waals surface area contributed by atoms with Gasteiger partial charge >= 0.3 is 0 Å². The number of benzene rings is 2. The van der Waals surface area contributed by atoms with Crippen LogP contribution in [0, 0.1) is 11.7 Å². The Hall–Kier alpha value is -2.78. The minimum atomic E-state index is -4.10. The van der Waals surface area contributed by atoms with E-state index >= 15 is 0 Å². The molecule has 1 aliphatic rings. The van der Waals surface area contributed by atoms with Gasteiger partial charge in [-0.3, -0.25) is 9.52 Å². The van der Waals surface area contributed by atoms with Crippen LogP contribution >= 0.6 is 0 Å². The molecule has 3 rings (SSSR count). The number of anilines is 1. The second-order valence-corrected chi connectivity index (χ2v) is 14.9. The minimum absolute atomic E-state index is 0.0843. The average molecular weight is 644 g/mol. The van der Waals surface area contributed by atoms with E-state index < -0.39 is 43.9 Å². The summed E-state index contributed by atoms with van der Waals surface area (Å²) in [5.74, 6) is -1.17. The van der Waals surface area contributed by atoms with Crippen LogP contribution < -0.4 is 9.46 Å². The summed E-state index contributed by atoms with van der Waals surface area (Å²) < 4.78 is 79.6. The number of rotatable bonds is 8. The molecule has 0 aromatic heterocycles. The molecule has 1 amide bonds. The highest BCUT2D eigenvalue weighted by molar-refractivity contribution is 7.92. The molecule has 1 aliphatic heterocycles. The molecule has 4 atom stereocenters. The summed E-state index contributed by atoms with van der Waals surface area (Å²) in [6, 6.07) is 8.10. The van der Waals surface area contributed by atoms with E-state index in [4.69, 9.17) is 9.47 Å². The number of carbonyl (C=O) groups excluding carboxylic acids is 1. The zero-order chi connectivity index (χ0) is 31.9. The molecule has 0 saturated carbocycles. The van der Waals surface area contributed by atoms with E-state index in [1.165, 1.54) is 34.5 Å². The largest absolute Gasteiger partial charge is 0.490 e. The highest BCUT2D eigenvalue weighted by Gasteiger charge is 2.31. The fraction of sp³-hybridized carbons (Fsp3) is 0.552. The number of aliphatic hydroxyl groups is 1. The smallest absolute Gasteiger partial charge is 0.261 e. The maximum Gasteiger partial charge on any atom is 0.261 e. The van der Waals surface area contributed by atoms with Crippen LogP contribution in [0.4, 0.5) is 10.1 Å². The molecule has 2 aromatic carbocycles. The molecular weight excluding hydrogens is 601 g/mol. The third-order valence-corrected chi connectivity index (χ3v) is 10.1. The quantitative estimate of drug-likeness (QED) is 0.446. The molecule has 0 unspecified atom stereocenters. The predicted molar refractivity (Wildman–Crippen MR) is 162 cm³/mol. The van der Waals surface area contributed by atoms with Crippen molar-refractivity contribution >= 4 is 31.6 Å². The van der Waals surface area contributed by atoms with Gasteiger partial charge in [0.1, 0.15) is 11.6 Å². The number of ether oxygens (including phenoxy) is 2. The van der Waals surface area contributed by atoms with Crippen LogP contribution in [0.25, 0.3) is 0 Å². The van der Waals surface area contributed by atoms with E-state index in [0.29, 0.717) is 19.4 Å². The number of carbonyl (C=O) groups is 1. The first-order valence-electron chi connectivity index (χ1n) is 14.2. The summed E-state index contributed by atoms with van der Waals surface area (Å²) in [4.78, 5) is 15.4. The molecule has 43 heavy (non-hydrogen) atoms. The Morgan fingerprint density at radius 1 is 1.12 bits per heavy atom. The van der Waals surface area contributed by atoms with Gasteiger partial charge < -0.3 is 19.5 Å². The molecule has 0 fully saturated rings. The van der Waals surface area contributed by atoms with Crippen molar-refractivity contribution in [1.29, 1.82) is 0 Å². The highest BCUT2D eigenvalue weighted by atomic mass is 32.2. The van der Waals surface area contributed by atoms with E-state index in [1.807, 2.05) is 13.8 Å². The topological polar surface area (TPSA) is 143 Å². The number of hydrogen-bond acceptors (Lipinski definition) is 8. The first kappa shape index (κ1) is 34.7. The van der Waals surface area contributed by atoms with Crippen LogP contribution in [0.3, 0.4) is 0 Å². The second kappa shape index (κ2) is 14.8. The molecule has 0 radical (unpaired) electrons. The summed E-state index contributed by atoms with van der Waals surface area (Å²) in [5, 5.41) is 10.1. The van der Waals surface area contributed by atoms with Gasteiger partial charge in [0.15, 0.2) is 0 Å². The number of halogens is 1. The van der Waals surface area contributed by atoms with Gasteiger partial charge in [-0.25, -0.2) is 25.5 Å². The average Bonchev–Trinajstić information content (AvgIpc) is 2.94. The number of likely N-dealkylation sites (N-methyl/N-ethyl adjacent to an activating group) is 1. The normalized spacial score (nSPS) is 21.9. The summed E-state index contributed by atoms with van der Waals surface area (Å²) in [6.07, 6.45) is 2.42. The van der Waals surface area contributed by atoms with Gasteiger partial charge in [-0.2, -0.15) is 0 Å². The zero-order valence-electron chi connectivity index (χ0n) is 25.2. The fourth-order valence-electron chi connectivity index (χ4n) is 4.67. The van der Waals surface area contributed by atoms with Crippen molar-refractivity contribution in [3.63, 3.8) is 0 Å². The maximum atomic E-state index is 14.1. The van der Waals surface area contributed by atoms with E-state index in [9.17, 15) is 31.1 Å². The number of fused-ring (bicyclic) bond motifs is 1.